The fourth-order valence-electron chi connectivity index (χ4n) is 3.63. The highest BCUT2D eigenvalue weighted by molar-refractivity contribution is 5.95. The maximum absolute atomic E-state index is 12.8. The van der Waals surface area contributed by atoms with E-state index in [1.165, 1.54) is 12.8 Å². The van der Waals surface area contributed by atoms with E-state index in [9.17, 15) is 4.79 Å². The van der Waals surface area contributed by atoms with E-state index in [4.69, 9.17) is 14.7 Å². The minimum absolute atomic E-state index is 0.0599. The van der Waals surface area contributed by atoms with Crippen molar-refractivity contribution in [3.8, 4) is 11.3 Å². The van der Waals surface area contributed by atoms with Crippen molar-refractivity contribution in [1.29, 1.82) is 0 Å². The normalized spacial score (nSPS) is 17.4. The largest absolute Gasteiger partial charge is 0.378 e. The van der Waals surface area contributed by atoms with Gasteiger partial charge in [0.05, 0.1) is 18.9 Å². The Kier molecular flexibility index (Phi) is 5.34. The molecule has 0 aliphatic carbocycles. The SMILES string of the molecule is CCc1cc(-c2cccc(C(=O)N3CCOCC3)c2)nc(N2CCCC2)n1. The number of amides is 1. The van der Waals surface area contributed by atoms with Crippen LogP contribution < -0.4 is 4.90 Å². The summed E-state index contributed by atoms with van der Waals surface area (Å²) < 4.78 is 5.35. The first-order chi connectivity index (χ1) is 13.2. The van der Waals surface area contributed by atoms with Crippen molar-refractivity contribution in [2.75, 3.05) is 44.3 Å². The highest BCUT2D eigenvalue weighted by Crippen LogP contribution is 2.24. The summed E-state index contributed by atoms with van der Waals surface area (Å²) in [6.07, 6.45) is 3.25. The van der Waals surface area contributed by atoms with Gasteiger partial charge >= 0.3 is 0 Å². The Morgan fingerprint density at radius 3 is 2.59 bits per heavy atom. The maximum atomic E-state index is 12.8. The molecular formula is C21H26N4O2. The van der Waals surface area contributed by atoms with Crippen molar-refractivity contribution >= 4 is 11.9 Å². The van der Waals surface area contributed by atoms with E-state index in [1.54, 1.807) is 0 Å². The third-order valence-corrected chi connectivity index (χ3v) is 5.22. The summed E-state index contributed by atoms with van der Waals surface area (Å²) in [5.41, 5.74) is 3.59. The Labute approximate surface area is 160 Å². The number of aryl methyl sites for hydroxylation is 1. The number of carbonyl (C=O) groups excluding carboxylic acids is 1. The van der Waals surface area contributed by atoms with Gasteiger partial charge in [-0.15, -0.1) is 0 Å². The van der Waals surface area contributed by atoms with E-state index in [0.29, 0.717) is 31.9 Å². The lowest BCUT2D eigenvalue weighted by Crippen LogP contribution is -2.40. The van der Waals surface area contributed by atoms with Crippen molar-refractivity contribution < 1.29 is 9.53 Å². The second kappa shape index (κ2) is 8.05. The second-order valence-corrected chi connectivity index (χ2v) is 7.08. The molecule has 1 amide bonds. The zero-order chi connectivity index (χ0) is 18.6. The summed E-state index contributed by atoms with van der Waals surface area (Å²) in [6.45, 7) is 6.65. The molecule has 2 aliphatic heterocycles. The van der Waals surface area contributed by atoms with Gasteiger partial charge in [0.25, 0.3) is 5.91 Å². The first-order valence-electron chi connectivity index (χ1n) is 9.85. The molecule has 2 fully saturated rings. The first-order valence-corrected chi connectivity index (χ1v) is 9.85. The van der Waals surface area contributed by atoms with Crippen LogP contribution in [0.15, 0.2) is 30.3 Å². The van der Waals surface area contributed by atoms with Crippen LogP contribution in [0.1, 0.15) is 35.8 Å². The number of hydrogen-bond donors (Lipinski definition) is 0. The molecule has 6 heteroatoms. The number of hydrogen-bond acceptors (Lipinski definition) is 5. The molecule has 0 radical (unpaired) electrons. The fraction of sp³-hybridized carbons (Fsp3) is 0.476. The Morgan fingerprint density at radius 2 is 1.85 bits per heavy atom. The summed E-state index contributed by atoms with van der Waals surface area (Å²) in [6, 6.07) is 9.83. The molecule has 2 aliphatic rings. The lowest BCUT2D eigenvalue weighted by molar-refractivity contribution is 0.0303. The summed E-state index contributed by atoms with van der Waals surface area (Å²) >= 11 is 0. The molecule has 6 nitrogen and oxygen atoms in total. The molecule has 0 atom stereocenters. The molecule has 0 N–H and O–H groups in total. The third kappa shape index (κ3) is 3.95. The summed E-state index contributed by atoms with van der Waals surface area (Å²) in [7, 11) is 0. The number of anilines is 1. The summed E-state index contributed by atoms with van der Waals surface area (Å²) in [5.74, 6) is 0.872. The predicted octanol–water partition coefficient (Wildman–Crippen LogP) is 2.78. The summed E-state index contributed by atoms with van der Waals surface area (Å²) in [5, 5.41) is 0. The number of rotatable bonds is 4. The van der Waals surface area contributed by atoms with Crippen LogP contribution in [0, 0.1) is 0 Å². The third-order valence-electron chi connectivity index (χ3n) is 5.22. The van der Waals surface area contributed by atoms with Crippen LogP contribution in [-0.4, -0.2) is 60.2 Å². The quantitative estimate of drug-likeness (QED) is 0.833. The van der Waals surface area contributed by atoms with Gasteiger partial charge in [-0.2, -0.15) is 0 Å². The lowest BCUT2D eigenvalue weighted by Gasteiger charge is -2.27. The molecule has 2 aromatic rings. The van der Waals surface area contributed by atoms with Gasteiger partial charge in [-0.05, 0) is 37.5 Å². The van der Waals surface area contributed by atoms with Gasteiger partial charge in [0.2, 0.25) is 5.95 Å². The van der Waals surface area contributed by atoms with Gasteiger partial charge in [0.15, 0.2) is 0 Å². The van der Waals surface area contributed by atoms with E-state index >= 15 is 0 Å². The molecule has 0 spiro atoms. The van der Waals surface area contributed by atoms with Crippen molar-refractivity contribution in [1.82, 2.24) is 14.9 Å². The fourth-order valence-corrected chi connectivity index (χ4v) is 3.63. The van der Waals surface area contributed by atoms with E-state index in [-0.39, 0.29) is 5.91 Å². The highest BCUT2D eigenvalue weighted by atomic mass is 16.5. The van der Waals surface area contributed by atoms with Crippen molar-refractivity contribution in [2.45, 2.75) is 26.2 Å². The highest BCUT2D eigenvalue weighted by Gasteiger charge is 2.20. The molecule has 1 aromatic carbocycles. The number of nitrogens with zero attached hydrogens (tertiary/aromatic N) is 4. The average molecular weight is 366 g/mol. The Morgan fingerprint density at radius 1 is 1.07 bits per heavy atom. The topological polar surface area (TPSA) is 58.6 Å². The number of benzene rings is 1. The van der Waals surface area contributed by atoms with Gasteiger partial charge in [0.1, 0.15) is 0 Å². The van der Waals surface area contributed by atoms with Crippen LogP contribution in [0.5, 0.6) is 0 Å². The van der Waals surface area contributed by atoms with Crippen LogP contribution in [0.25, 0.3) is 11.3 Å². The zero-order valence-corrected chi connectivity index (χ0v) is 15.9. The monoisotopic (exact) mass is 366 g/mol. The van der Waals surface area contributed by atoms with Crippen LogP contribution >= 0.6 is 0 Å². The molecular weight excluding hydrogens is 340 g/mol. The molecule has 0 unspecified atom stereocenters. The molecule has 3 heterocycles. The van der Waals surface area contributed by atoms with Crippen LogP contribution in [0.4, 0.5) is 5.95 Å². The van der Waals surface area contributed by atoms with E-state index in [1.807, 2.05) is 35.2 Å². The zero-order valence-electron chi connectivity index (χ0n) is 15.9. The number of carbonyl (C=O) groups is 1. The first kappa shape index (κ1) is 17.9. The number of aromatic nitrogens is 2. The Balaban J connectivity index is 1.64. The molecule has 0 bridgehead atoms. The smallest absolute Gasteiger partial charge is 0.254 e. The predicted molar refractivity (Wildman–Crippen MR) is 105 cm³/mol. The van der Waals surface area contributed by atoms with Crippen LogP contribution in [-0.2, 0) is 11.2 Å². The van der Waals surface area contributed by atoms with Crippen molar-refractivity contribution in [2.24, 2.45) is 0 Å². The van der Waals surface area contributed by atoms with Gasteiger partial charge in [-0.25, -0.2) is 9.97 Å². The summed E-state index contributed by atoms with van der Waals surface area (Å²) in [4.78, 5) is 26.5. The van der Waals surface area contributed by atoms with Crippen LogP contribution in [0.2, 0.25) is 0 Å². The average Bonchev–Trinajstić information content (AvgIpc) is 3.28. The number of ether oxygens (including phenoxy) is 1. The minimum atomic E-state index is 0.0599. The molecule has 2 saturated heterocycles. The van der Waals surface area contributed by atoms with Crippen molar-refractivity contribution in [3.05, 3.63) is 41.6 Å². The Bertz CT molecular complexity index is 812. The molecule has 1 aromatic heterocycles. The minimum Gasteiger partial charge on any atom is -0.378 e. The van der Waals surface area contributed by atoms with E-state index < -0.39 is 0 Å². The number of morpholine rings is 1. The van der Waals surface area contributed by atoms with E-state index in [2.05, 4.69) is 11.8 Å². The van der Waals surface area contributed by atoms with Gasteiger partial charge < -0.3 is 14.5 Å². The van der Waals surface area contributed by atoms with Crippen LogP contribution in [0.3, 0.4) is 0 Å². The second-order valence-electron chi connectivity index (χ2n) is 7.08. The van der Waals surface area contributed by atoms with E-state index in [0.717, 1.165) is 42.4 Å². The van der Waals surface area contributed by atoms with Gasteiger partial charge in [0, 0.05) is 43.0 Å². The standard InChI is InChI=1S/C21H26N4O2/c1-2-18-15-19(23-21(22-18)25-8-3-4-9-25)16-6-5-7-17(14-16)20(26)24-10-12-27-13-11-24/h5-7,14-15H,2-4,8-13H2,1H3. The molecule has 4 rings (SSSR count). The lowest BCUT2D eigenvalue weighted by atomic mass is 10.1. The maximum Gasteiger partial charge on any atom is 0.254 e. The molecule has 142 valence electrons. The molecule has 0 saturated carbocycles. The van der Waals surface area contributed by atoms with Gasteiger partial charge in [-0.3, -0.25) is 4.79 Å². The van der Waals surface area contributed by atoms with Gasteiger partial charge in [-0.1, -0.05) is 19.1 Å². The molecule has 27 heavy (non-hydrogen) atoms. The Hall–Kier alpha value is -2.47. The van der Waals surface area contributed by atoms with Crippen molar-refractivity contribution in [3.63, 3.8) is 0 Å².